The van der Waals surface area contributed by atoms with Crippen LogP contribution in [0, 0.1) is 0 Å². The van der Waals surface area contributed by atoms with Crippen LogP contribution in [0.4, 0.5) is 26.3 Å². The Morgan fingerprint density at radius 3 is 1.91 bits per heavy atom. The highest BCUT2D eigenvalue weighted by Crippen LogP contribution is 2.36. The Balaban J connectivity index is 2.16. The minimum absolute atomic E-state index is 0.150. The van der Waals surface area contributed by atoms with Gasteiger partial charge < -0.3 is 15.8 Å². The number of rotatable bonds is 7. The quantitative estimate of drug-likeness (QED) is 0.487. The number of nitrogens with two attached hydrogens (primary N) is 1. The van der Waals surface area contributed by atoms with E-state index in [2.05, 4.69) is 0 Å². The predicted molar refractivity (Wildman–Crippen MR) is 97.7 cm³/mol. The maximum absolute atomic E-state index is 13.0. The maximum atomic E-state index is 13.0. The maximum Gasteiger partial charge on any atom is 0.416 e. The molecule has 2 aromatic rings. The third kappa shape index (κ3) is 7.00. The molecule has 0 heterocycles. The van der Waals surface area contributed by atoms with Gasteiger partial charge in [0.05, 0.1) is 17.5 Å². The van der Waals surface area contributed by atoms with E-state index in [1.807, 2.05) is 5.32 Å². The summed E-state index contributed by atoms with van der Waals surface area (Å²) in [5.74, 6) is -3.67. The van der Waals surface area contributed by atoms with Gasteiger partial charge in [-0.25, -0.2) is 0 Å². The van der Waals surface area contributed by atoms with Crippen LogP contribution in [-0.4, -0.2) is 23.8 Å². The van der Waals surface area contributed by atoms with Gasteiger partial charge in [0.2, 0.25) is 5.91 Å². The molecule has 2 aromatic carbocycles. The largest absolute Gasteiger partial charge is 0.461 e. The zero-order valence-corrected chi connectivity index (χ0v) is 16.1. The van der Waals surface area contributed by atoms with Crippen molar-refractivity contribution in [3.05, 3.63) is 70.8 Å². The highest BCUT2D eigenvalue weighted by molar-refractivity contribution is 5.98. The van der Waals surface area contributed by atoms with Crippen molar-refractivity contribution in [1.29, 1.82) is 0 Å². The molecule has 0 spiro atoms. The Kier molecular flexibility index (Phi) is 7.49. The number of primary amides is 1. The Morgan fingerprint density at radius 1 is 0.906 bits per heavy atom. The molecule has 0 fully saturated rings. The molecule has 6 nitrogen and oxygen atoms in total. The average Bonchev–Trinajstić information content (AvgIpc) is 2.70. The van der Waals surface area contributed by atoms with Gasteiger partial charge >= 0.3 is 18.3 Å². The number of benzene rings is 2. The summed E-state index contributed by atoms with van der Waals surface area (Å²) in [5, 5.41) is 1.87. The minimum Gasteiger partial charge on any atom is -0.461 e. The molecule has 32 heavy (non-hydrogen) atoms. The molecule has 0 aliphatic heterocycles. The Hall–Kier alpha value is -3.57. The first kappa shape index (κ1) is 24.7. The van der Waals surface area contributed by atoms with Crippen LogP contribution in [-0.2, 0) is 33.3 Å². The Bertz CT molecular complexity index is 958. The van der Waals surface area contributed by atoms with Gasteiger partial charge in [-0.2, -0.15) is 26.3 Å². The normalized spacial score (nSPS) is 12.7. The lowest BCUT2D eigenvalue weighted by Crippen LogP contribution is -2.46. The first-order chi connectivity index (χ1) is 14.8. The van der Waals surface area contributed by atoms with Gasteiger partial charge in [-0.05, 0) is 23.8 Å². The summed E-state index contributed by atoms with van der Waals surface area (Å²) in [5.41, 5.74) is 1.27. The third-order valence-corrected chi connectivity index (χ3v) is 4.11. The number of alkyl halides is 6. The van der Waals surface area contributed by atoms with Crippen LogP contribution in [0.25, 0.3) is 0 Å². The summed E-state index contributed by atoms with van der Waals surface area (Å²) >= 11 is 0. The number of hydrogen-bond acceptors (Lipinski definition) is 4. The van der Waals surface area contributed by atoms with Crippen LogP contribution in [0.3, 0.4) is 0 Å². The van der Waals surface area contributed by atoms with E-state index < -0.39 is 59.3 Å². The zero-order chi connectivity index (χ0) is 24.1. The molecule has 2 amide bonds. The number of halogens is 6. The molecule has 0 bridgehead atoms. The van der Waals surface area contributed by atoms with Crippen LogP contribution in [0.5, 0.6) is 0 Å². The first-order valence-electron chi connectivity index (χ1n) is 8.86. The number of carbonyl (C=O) groups excluding carboxylic acids is 3. The van der Waals surface area contributed by atoms with Gasteiger partial charge in [0.15, 0.2) is 0 Å². The summed E-state index contributed by atoms with van der Waals surface area (Å²) in [7, 11) is 0. The zero-order valence-electron chi connectivity index (χ0n) is 16.1. The fourth-order valence-electron chi connectivity index (χ4n) is 2.51. The van der Waals surface area contributed by atoms with Gasteiger partial charge in [-0.1, -0.05) is 30.3 Å². The second-order valence-corrected chi connectivity index (χ2v) is 6.57. The molecular formula is C20H16F6N2O4. The highest BCUT2D eigenvalue weighted by Gasteiger charge is 2.37. The van der Waals surface area contributed by atoms with E-state index in [0.717, 1.165) is 0 Å². The fourth-order valence-corrected chi connectivity index (χ4v) is 2.51. The number of esters is 1. The highest BCUT2D eigenvalue weighted by atomic mass is 19.4. The van der Waals surface area contributed by atoms with Crippen LogP contribution in [0.15, 0.2) is 48.5 Å². The summed E-state index contributed by atoms with van der Waals surface area (Å²) in [4.78, 5) is 35.8. The Morgan fingerprint density at radius 2 is 1.44 bits per heavy atom. The van der Waals surface area contributed by atoms with Gasteiger partial charge in [0.25, 0.3) is 5.91 Å². The third-order valence-electron chi connectivity index (χ3n) is 4.11. The van der Waals surface area contributed by atoms with E-state index >= 15 is 0 Å². The monoisotopic (exact) mass is 462 g/mol. The van der Waals surface area contributed by atoms with E-state index in [1.165, 1.54) is 0 Å². The molecule has 2 rings (SSSR count). The molecule has 12 heteroatoms. The molecule has 0 radical (unpaired) electrons. The summed E-state index contributed by atoms with van der Waals surface area (Å²) in [6.07, 6.45) is -11.1. The van der Waals surface area contributed by atoms with Crippen molar-refractivity contribution in [2.45, 2.75) is 31.4 Å². The minimum atomic E-state index is -5.17. The van der Waals surface area contributed by atoms with Gasteiger partial charge in [0.1, 0.15) is 12.6 Å². The molecule has 0 saturated heterocycles. The van der Waals surface area contributed by atoms with E-state index in [-0.39, 0.29) is 24.8 Å². The van der Waals surface area contributed by atoms with Gasteiger partial charge in [-0.15, -0.1) is 0 Å². The number of carbonyl (C=O) groups is 3. The smallest absolute Gasteiger partial charge is 0.416 e. The van der Waals surface area contributed by atoms with E-state index in [9.17, 15) is 40.7 Å². The standard InChI is InChI=1S/C20H16F6N2O4/c21-19(22,23)13-6-12(7-14(8-13)20(24,25)26)18(31)28-15(17(27)30)9-16(29)32-10-11-4-2-1-3-5-11/h1-8,15H,9-10H2,(H2,27,30)(H,28,31)/t15-/m1/s1. The summed E-state index contributed by atoms with van der Waals surface area (Å²) < 4.78 is 82.6. The second kappa shape index (κ2) is 9.71. The van der Waals surface area contributed by atoms with Crippen molar-refractivity contribution in [2.75, 3.05) is 0 Å². The average molecular weight is 462 g/mol. The number of hydrogen-bond donors (Lipinski definition) is 2. The molecule has 172 valence electrons. The lowest BCUT2D eigenvalue weighted by atomic mass is 10.0. The van der Waals surface area contributed by atoms with Crippen molar-refractivity contribution in [3.8, 4) is 0 Å². The SMILES string of the molecule is NC(=O)[C@@H](CC(=O)OCc1ccccc1)NC(=O)c1cc(C(F)(F)F)cc(C(F)(F)F)c1. The molecule has 3 N–H and O–H groups in total. The lowest BCUT2D eigenvalue weighted by Gasteiger charge is -2.17. The molecule has 0 aromatic heterocycles. The lowest BCUT2D eigenvalue weighted by molar-refractivity contribution is -0.146. The van der Waals surface area contributed by atoms with Crippen LogP contribution >= 0.6 is 0 Å². The predicted octanol–water partition coefficient (Wildman–Crippen LogP) is 3.44. The second-order valence-electron chi connectivity index (χ2n) is 6.57. The number of amides is 2. The van der Waals surface area contributed by atoms with Crippen LogP contribution < -0.4 is 11.1 Å². The van der Waals surface area contributed by atoms with Crippen molar-refractivity contribution in [2.24, 2.45) is 5.73 Å². The van der Waals surface area contributed by atoms with E-state index in [1.54, 1.807) is 30.3 Å². The topological polar surface area (TPSA) is 98.5 Å². The van der Waals surface area contributed by atoms with Crippen molar-refractivity contribution in [3.63, 3.8) is 0 Å². The molecule has 0 saturated carbocycles. The van der Waals surface area contributed by atoms with Gasteiger partial charge in [-0.3, -0.25) is 14.4 Å². The Labute approximate surface area is 177 Å². The van der Waals surface area contributed by atoms with Gasteiger partial charge in [0, 0.05) is 5.56 Å². The van der Waals surface area contributed by atoms with Crippen molar-refractivity contribution >= 4 is 17.8 Å². The fraction of sp³-hybridized carbons (Fsp3) is 0.250. The summed E-state index contributed by atoms with van der Waals surface area (Å²) in [6.45, 7) is -0.165. The first-order valence-corrected chi connectivity index (χ1v) is 8.86. The van der Waals surface area contributed by atoms with E-state index in [0.29, 0.717) is 5.56 Å². The molecule has 0 unspecified atom stereocenters. The van der Waals surface area contributed by atoms with Crippen LogP contribution in [0.1, 0.15) is 33.5 Å². The van der Waals surface area contributed by atoms with Crippen molar-refractivity contribution in [1.82, 2.24) is 5.32 Å². The molecule has 0 aliphatic rings. The number of nitrogens with one attached hydrogen (secondary N) is 1. The molecular weight excluding hydrogens is 446 g/mol. The molecule has 0 aliphatic carbocycles. The number of ether oxygens (including phenoxy) is 1. The van der Waals surface area contributed by atoms with Crippen LogP contribution in [0.2, 0.25) is 0 Å². The van der Waals surface area contributed by atoms with Crippen molar-refractivity contribution < 1.29 is 45.5 Å². The van der Waals surface area contributed by atoms with E-state index in [4.69, 9.17) is 10.5 Å². The summed E-state index contributed by atoms with van der Waals surface area (Å²) in [6, 6.07) is 6.88. The molecule has 1 atom stereocenters.